The number of rotatable bonds is 3. The molecule has 3 rings (SSSR count). The standard InChI is InChI=1S/C13H13ClN2O2S/c14-19(17,18)13-11-7-4-8-12(11)15-16(13)9-10-5-2-1-3-6-10/h1-3,5-6H,4,7-9H2. The van der Waals surface area contributed by atoms with E-state index in [4.69, 9.17) is 10.7 Å². The van der Waals surface area contributed by atoms with Gasteiger partial charge in [-0.2, -0.15) is 5.10 Å². The minimum atomic E-state index is -3.76. The van der Waals surface area contributed by atoms with E-state index in [2.05, 4.69) is 5.10 Å². The number of nitrogens with zero attached hydrogens (tertiary/aromatic N) is 2. The average molecular weight is 297 g/mol. The van der Waals surface area contributed by atoms with Gasteiger partial charge in [-0.1, -0.05) is 30.3 Å². The van der Waals surface area contributed by atoms with Gasteiger partial charge in [0.15, 0.2) is 5.03 Å². The van der Waals surface area contributed by atoms with Crippen LogP contribution in [0.15, 0.2) is 35.4 Å². The van der Waals surface area contributed by atoms with E-state index < -0.39 is 9.05 Å². The lowest BCUT2D eigenvalue weighted by molar-refractivity contribution is 0.565. The van der Waals surface area contributed by atoms with Crippen molar-refractivity contribution in [3.8, 4) is 0 Å². The predicted molar refractivity (Wildman–Crippen MR) is 72.8 cm³/mol. The van der Waals surface area contributed by atoms with E-state index in [1.807, 2.05) is 30.3 Å². The molecule has 0 unspecified atom stereocenters. The second-order valence-corrected chi connectivity index (χ2v) is 7.15. The Morgan fingerprint density at radius 3 is 2.63 bits per heavy atom. The Morgan fingerprint density at radius 2 is 1.95 bits per heavy atom. The van der Waals surface area contributed by atoms with Crippen molar-refractivity contribution < 1.29 is 8.42 Å². The number of aromatic nitrogens is 2. The number of aryl methyl sites for hydroxylation is 1. The summed E-state index contributed by atoms with van der Waals surface area (Å²) < 4.78 is 25.1. The molecule has 100 valence electrons. The minimum absolute atomic E-state index is 0.172. The van der Waals surface area contributed by atoms with Crippen LogP contribution in [0.3, 0.4) is 0 Å². The third-order valence-corrected chi connectivity index (χ3v) is 4.69. The third-order valence-electron chi connectivity index (χ3n) is 3.33. The molecule has 19 heavy (non-hydrogen) atoms. The Balaban J connectivity index is 2.07. The molecule has 0 amide bonds. The molecule has 1 aromatic carbocycles. The Morgan fingerprint density at radius 1 is 1.21 bits per heavy atom. The lowest BCUT2D eigenvalue weighted by atomic mass is 10.2. The van der Waals surface area contributed by atoms with Crippen LogP contribution in [0.2, 0.25) is 0 Å². The summed E-state index contributed by atoms with van der Waals surface area (Å²) in [7, 11) is 1.80. The molecule has 0 saturated carbocycles. The number of halogens is 1. The van der Waals surface area contributed by atoms with Crippen LogP contribution in [-0.4, -0.2) is 18.2 Å². The molecule has 0 aliphatic heterocycles. The summed E-state index contributed by atoms with van der Waals surface area (Å²) in [6, 6.07) is 9.64. The first-order valence-electron chi connectivity index (χ1n) is 6.13. The second-order valence-electron chi connectivity index (χ2n) is 4.67. The van der Waals surface area contributed by atoms with Crippen molar-refractivity contribution in [2.24, 2.45) is 0 Å². The first-order chi connectivity index (χ1) is 9.05. The van der Waals surface area contributed by atoms with Gasteiger partial charge in [0.05, 0.1) is 12.2 Å². The fourth-order valence-corrected chi connectivity index (χ4v) is 3.94. The molecule has 0 spiro atoms. The van der Waals surface area contributed by atoms with E-state index in [9.17, 15) is 8.42 Å². The largest absolute Gasteiger partial charge is 0.278 e. The van der Waals surface area contributed by atoms with Gasteiger partial charge in [-0.3, -0.25) is 0 Å². The quantitative estimate of drug-likeness (QED) is 0.817. The average Bonchev–Trinajstić information content (AvgIpc) is 2.88. The molecule has 1 aromatic heterocycles. The third kappa shape index (κ3) is 2.40. The number of fused-ring (bicyclic) bond motifs is 1. The van der Waals surface area contributed by atoms with Gasteiger partial charge >= 0.3 is 0 Å². The fourth-order valence-electron chi connectivity index (χ4n) is 2.55. The van der Waals surface area contributed by atoms with Crippen LogP contribution in [-0.2, 0) is 28.4 Å². The van der Waals surface area contributed by atoms with E-state index in [-0.39, 0.29) is 5.03 Å². The van der Waals surface area contributed by atoms with Crippen LogP contribution < -0.4 is 0 Å². The highest BCUT2D eigenvalue weighted by molar-refractivity contribution is 8.13. The fraction of sp³-hybridized carbons (Fsp3) is 0.308. The molecule has 0 N–H and O–H groups in total. The number of benzene rings is 1. The summed E-state index contributed by atoms with van der Waals surface area (Å²) in [4.78, 5) is 0. The van der Waals surface area contributed by atoms with Crippen LogP contribution in [0.5, 0.6) is 0 Å². The number of hydrogen-bond donors (Lipinski definition) is 0. The summed E-state index contributed by atoms with van der Waals surface area (Å²) in [5.74, 6) is 0. The van der Waals surface area contributed by atoms with E-state index in [1.165, 1.54) is 4.68 Å². The normalized spacial score (nSPS) is 14.6. The van der Waals surface area contributed by atoms with Crippen LogP contribution in [0.25, 0.3) is 0 Å². The Bertz CT molecular complexity index is 708. The summed E-state index contributed by atoms with van der Waals surface area (Å²) in [6.45, 7) is 0.426. The van der Waals surface area contributed by atoms with Crippen molar-refractivity contribution >= 4 is 19.7 Å². The topological polar surface area (TPSA) is 52.0 Å². The summed E-state index contributed by atoms with van der Waals surface area (Å²) in [6.07, 6.45) is 2.52. The molecule has 0 atom stereocenters. The van der Waals surface area contributed by atoms with Crippen molar-refractivity contribution in [2.45, 2.75) is 30.8 Å². The Labute approximate surface area is 116 Å². The molecule has 6 heteroatoms. The van der Waals surface area contributed by atoms with E-state index in [1.54, 1.807) is 0 Å². The first kappa shape index (κ1) is 12.7. The SMILES string of the molecule is O=S(=O)(Cl)c1c2c(nn1Cc1ccccc1)CCC2. The van der Waals surface area contributed by atoms with Crippen LogP contribution in [0.1, 0.15) is 23.2 Å². The molecule has 2 aromatic rings. The van der Waals surface area contributed by atoms with Gasteiger partial charge in [-0.25, -0.2) is 13.1 Å². The molecule has 0 bridgehead atoms. The Hall–Kier alpha value is -1.33. The van der Waals surface area contributed by atoms with Gasteiger partial charge in [-0.05, 0) is 24.8 Å². The van der Waals surface area contributed by atoms with Crippen LogP contribution in [0.4, 0.5) is 0 Å². The zero-order chi connectivity index (χ0) is 13.5. The van der Waals surface area contributed by atoms with Crippen molar-refractivity contribution in [1.82, 2.24) is 9.78 Å². The molecule has 0 saturated heterocycles. The summed E-state index contributed by atoms with van der Waals surface area (Å²) in [5.41, 5.74) is 2.67. The summed E-state index contributed by atoms with van der Waals surface area (Å²) in [5, 5.41) is 4.58. The van der Waals surface area contributed by atoms with Crippen molar-refractivity contribution in [3.05, 3.63) is 47.2 Å². The Kier molecular flexibility index (Phi) is 3.11. The van der Waals surface area contributed by atoms with Gasteiger partial charge < -0.3 is 0 Å². The molecule has 1 aliphatic carbocycles. The molecule has 4 nitrogen and oxygen atoms in total. The van der Waals surface area contributed by atoms with E-state index in [0.29, 0.717) is 6.54 Å². The first-order valence-corrected chi connectivity index (χ1v) is 8.44. The zero-order valence-corrected chi connectivity index (χ0v) is 11.8. The molecule has 1 heterocycles. The lowest BCUT2D eigenvalue weighted by Gasteiger charge is -2.06. The lowest BCUT2D eigenvalue weighted by Crippen LogP contribution is -2.10. The molecular formula is C13H13ClN2O2S. The highest BCUT2D eigenvalue weighted by Gasteiger charge is 2.29. The monoisotopic (exact) mass is 296 g/mol. The number of hydrogen-bond acceptors (Lipinski definition) is 3. The van der Waals surface area contributed by atoms with Crippen molar-refractivity contribution in [3.63, 3.8) is 0 Å². The van der Waals surface area contributed by atoms with E-state index in [0.717, 1.165) is 36.1 Å². The molecule has 0 fully saturated rings. The second kappa shape index (κ2) is 4.65. The highest BCUT2D eigenvalue weighted by Crippen LogP contribution is 2.30. The van der Waals surface area contributed by atoms with Gasteiger partial charge in [0, 0.05) is 16.2 Å². The molecule has 1 aliphatic rings. The zero-order valence-electron chi connectivity index (χ0n) is 10.2. The van der Waals surface area contributed by atoms with Crippen LogP contribution in [0, 0.1) is 0 Å². The predicted octanol–water partition coefficient (Wildman–Crippen LogP) is 2.35. The van der Waals surface area contributed by atoms with Gasteiger partial charge in [-0.15, -0.1) is 0 Å². The smallest absolute Gasteiger partial charge is 0.248 e. The van der Waals surface area contributed by atoms with Crippen LogP contribution >= 0.6 is 10.7 Å². The maximum atomic E-state index is 11.8. The maximum absolute atomic E-state index is 11.8. The maximum Gasteiger partial charge on any atom is 0.278 e. The molecular weight excluding hydrogens is 284 g/mol. The van der Waals surface area contributed by atoms with Gasteiger partial charge in [0.2, 0.25) is 0 Å². The summed E-state index contributed by atoms with van der Waals surface area (Å²) >= 11 is 0. The van der Waals surface area contributed by atoms with E-state index >= 15 is 0 Å². The minimum Gasteiger partial charge on any atom is -0.248 e. The van der Waals surface area contributed by atoms with Gasteiger partial charge in [0.25, 0.3) is 9.05 Å². The highest BCUT2D eigenvalue weighted by atomic mass is 35.7. The van der Waals surface area contributed by atoms with Gasteiger partial charge in [0.1, 0.15) is 0 Å². The molecule has 0 radical (unpaired) electrons. The van der Waals surface area contributed by atoms with Crippen molar-refractivity contribution in [1.29, 1.82) is 0 Å². The van der Waals surface area contributed by atoms with Crippen molar-refractivity contribution in [2.75, 3.05) is 0 Å².